The number of nitrogens with one attached hydrogen (secondary N) is 1. The van der Waals surface area contributed by atoms with E-state index in [1.807, 2.05) is 0 Å². The summed E-state index contributed by atoms with van der Waals surface area (Å²) in [5.74, 6) is 1.60. The fraction of sp³-hybridized carbons (Fsp3) is 1.00. The molecule has 0 saturated carbocycles. The third-order valence-corrected chi connectivity index (χ3v) is 5.70. The molecule has 1 N–H and O–H groups in total. The number of nitrogens with zero attached hydrogens (tertiary/aromatic N) is 2. The average Bonchev–Trinajstić information content (AvgIpc) is 2.84. The van der Waals surface area contributed by atoms with Gasteiger partial charge in [-0.15, -0.1) is 0 Å². The lowest BCUT2D eigenvalue weighted by molar-refractivity contribution is -0.124. The Labute approximate surface area is 124 Å². The first-order valence-corrected chi connectivity index (χ1v) is 8.25. The Morgan fingerprint density at radius 2 is 1.90 bits per heavy atom. The van der Waals surface area contributed by atoms with Crippen molar-refractivity contribution in [3.8, 4) is 0 Å². The maximum absolute atomic E-state index is 12.2. The van der Waals surface area contributed by atoms with Gasteiger partial charge < -0.3 is 5.32 Å². The Balaban J connectivity index is 1.57. The standard InChI is InChI=1S/C15H26F3N3/c1-2-20-9-12-11-4-7-21(8-5-11)14(12)13(20)3-6-19-10-15(16,17)18/h11-14,19H,2-10H2,1H3. The maximum Gasteiger partial charge on any atom is 0.401 e. The highest BCUT2D eigenvalue weighted by Gasteiger charge is 2.51. The van der Waals surface area contributed by atoms with Gasteiger partial charge in [0.05, 0.1) is 6.54 Å². The summed E-state index contributed by atoms with van der Waals surface area (Å²) in [7, 11) is 0. The number of hydrogen-bond acceptors (Lipinski definition) is 3. The zero-order chi connectivity index (χ0) is 15.0. The molecule has 0 amide bonds. The largest absolute Gasteiger partial charge is 0.401 e. The quantitative estimate of drug-likeness (QED) is 0.783. The van der Waals surface area contributed by atoms with Gasteiger partial charge in [0.1, 0.15) is 0 Å². The van der Waals surface area contributed by atoms with Crippen LogP contribution in [0.4, 0.5) is 13.2 Å². The Morgan fingerprint density at radius 1 is 1.19 bits per heavy atom. The van der Waals surface area contributed by atoms with Crippen molar-refractivity contribution >= 4 is 0 Å². The van der Waals surface area contributed by atoms with Gasteiger partial charge in [0.15, 0.2) is 0 Å². The van der Waals surface area contributed by atoms with Crippen LogP contribution >= 0.6 is 0 Å². The van der Waals surface area contributed by atoms with Crippen LogP contribution in [0.3, 0.4) is 0 Å². The first-order valence-electron chi connectivity index (χ1n) is 8.25. The molecule has 21 heavy (non-hydrogen) atoms. The summed E-state index contributed by atoms with van der Waals surface area (Å²) in [4.78, 5) is 5.11. The third kappa shape index (κ3) is 3.22. The number of alkyl halides is 3. The summed E-state index contributed by atoms with van der Waals surface area (Å²) in [5.41, 5.74) is 0. The van der Waals surface area contributed by atoms with E-state index >= 15 is 0 Å². The molecule has 4 rings (SSSR count). The predicted molar refractivity (Wildman–Crippen MR) is 76.2 cm³/mol. The first-order chi connectivity index (χ1) is 9.99. The van der Waals surface area contributed by atoms with Crippen LogP contribution < -0.4 is 5.32 Å². The highest BCUT2D eigenvalue weighted by molar-refractivity contribution is 5.06. The molecule has 4 aliphatic heterocycles. The highest BCUT2D eigenvalue weighted by atomic mass is 19.4. The van der Waals surface area contributed by atoms with E-state index in [4.69, 9.17) is 0 Å². The van der Waals surface area contributed by atoms with Gasteiger partial charge in [-0.1, -0.05) is 6.92 Å². The van der Waals surface area contributed by atoms with Crippen LogP contribution in [-0.4, -0.2) is 67.3 Å². The molecule has 0 spiro atoms. The van der Waals surface area contributed by atoms with Crippen molar-refractivity contribution in [3.63, 3.8) is 0 Å². The molecule has 122 valence electrons. The summed E-state index contributed by atoms with van der Waals surface area (Å²) in [6.45, 7) is 6.30. The molecular formula is C15H26F3N3. The molecule has 3 nitrogen and oxygen atoms in total. The average molecular weight is 305 g/mol. The Morgan fingerprint density at radius 3 is 2.52 bits per heavy atom. The molecule has 6 heteroatoms. The molecule has 4 heterocycles. The molecule has 4 fully saturated rings. The Kier molecular flexibility index (Phi) is 4.48. The number of rotatable bonds is 5. The predicted octanol–water partition coefficient (Wildman–Crippen LogP) is 1.94. The first kappa shape index (κ1) is 15.6. The van der Waals surface area contributed by atoms with Gasteiger partial charge in [-0.05, 0) is 57.3 Å². The molecule has 2 bridgehead atoms. The van der Waals surface area contributed by atoms with Crippen molar-refractivity contribution in [2.75, 3.05) is 39.3 Å². The van der Waals surface area contributed by atoms with Crippen LogP contribution in [0.1, 0.15) is 26.2 Å². The van der Waals surface area contributed by atoms with Crippen molar-refractivity contribution in [1.29, 1.82) is 0 Å². The van der Waals surface area contributed by atoms with E-state index in [-0.39, 0.29) is 0 Å². The van der Waals surface area contributed by atoms with E-state index in [2.05, 4.69) is 22.0 Å². The van der Waals surface area contributed by atoms with E-state index < -0.39 is 12.7 Å². The molecule has 4 saturated heterocycles. The number of likely N-dealkylation sites (N-methyl/N-ethyl adjacent to an activating group) is 1. The Bertz CT molecular complexity index is 353. The lowest BCUT2D eigenvalue weighted by Gasteiger charge is -2.49. The second kappa shape index (κ2) is 6.05. The lowest BCUT2D eigenvalue weighted by atomic mass is 9.73. The monoisotopic (exact) mass is 305 g/mol. The SMILES string of the molecule is CCN1CC2C3CCN(CC3)C2C1CCNCC(F)(F)F. The highest BCUT2D eigenvalue weighted by Crippen LogP contribution is 2.44. The van der Waals surface area contributed by atoms with E-state index in [0.29, 0.717) is 18.6 Å². The van der Waals surface area contributed by atoms with Gasteiger partial charge >= 0.3 is 6.18 Å². The summed E-state index contributed by atoms with van der Waals surface area (Å²) in [6.07, 6.45) is -0.639. The number of likely N-dealkylation sites (tertiary alicyclic amines) is 1. The van der Waals surface area contributed by atoms with E-state index in [1.165, 1.54) is 25.9 Å². The number of hydrogen-bond donors (Lipinski definition) is 1. The minimum atomic E-state index is -4.10. The molecule has 0 aromatic carbocycles. The van der Waals surface area contributed by atoms with Crippen molar-refractivity contribution in [2.45, 2.75) is 44.4 Å². The summed E-state index contributed by atoms with van der Waals surface area (Å²) < 4.78 is 36.6. The molecule has 0 radical (unpaired) electrons. The van der Waals surface area contributed by atoms with Crippen LogP contribution in [0.25, 0.3) is 0 Å². The van der Waals surface area contributed by atoms with Gasteiger partial charge in [0.2, 0.25) is 0 Å². The molecule has 0 aromatic rings. The zero-order valence-electron chi connectivity index (χ0n) is 12.7. The molecular weight excluding hydrogens is 279 g/mol. The zero-order valence-corrected chi connectivity index (χ0v) is 12.7. The second-order valence-corrected chi connectivity index (χ2v) is 6.76. The smallest absolute Gasteiger partial charge is 0.309 e. The van der Waals surface area contributed by atoms with Gasteiger partial charge in [-0.2, -0.15) is 13.2 Å². The molecule has 3 unspecified atom stereocenters. The van der Waals surface area contributed by atoms with Crippen molar-refractivity contribution in [2.24, 2.45) is 11.8 Å². The number of halogens is 3. The van der Waals surface area contributed by atoms with Crippen LogP contribution in [0.15, 0.2) is 0 Å². The minimum Gasteiger partial charge on any atom is -0.309 e. The molecule has 0 aromatic heterocycles. The fourth-order valence-electron chi connectivity index (χ4n) is 4.80. The Hall–Kier alpha value is -0.330. The molecule has 0 aliphatic carbocycles. The fourth-order valence-corrected chi connectivity index (χ4v) is 4.80. The van der Waals surface area contributed by atoms with Gasteiger partial charge in [0, 0.05) is 18.6 Å². The van der Waals surface area contributed by atoms with Crippen molar-refractivity contribution in [1.82, 2.24) is 15.1 Å². The number of piperidine rings is 3. The summed E-state index contributed by atoms with van der Waals surface area (Å²) >= 11 is 0. The van der Waals surface area contributed by atoms with E-state index in [9.17, 15) is 13.2 Å². The maximum atomic E-state index is 12.2. The normalized spacial score (nSPS) is 39.7. The third-order valence-electron chi connectivity index (χ3n) is 5.70. The van der Waals surface area contributed by atoms with E-state index in [1.54, 1.807) is 0 Å². The molecule has 3 atom stereocenters. The minimum absolute atomic E-state index is 0.434. The topological polar surface area (TPSA) is 18.5 Å². The summed E-state index contributed by atoms with van der Waals surface area (Å²) in [6, 6.07) is 1.02. The van der Waals surface area contributed by atoms with Crippen LogP contribution in [-0.2, 0) is 0 Å². The van der Waals surface area contributed by atoms with Crippen LogP contribution in [0.5, 0.6) is 0 Å². The van der Waals surface area contributed by atoms with E-state index in [0.717, 1.165) is 31.3 Å². The van der Waals surface area contributed by atoms with Crippen molar-refractivity contribution < 1.29 is 13.2 Å². The number of fused-ring (bicyclic) bond motifs is 2. The summed E-state index contributed by atoms with van der Waals surface area (Å²) in [5, 5.41) is 2.57. The van der Waals surface area contributed by atoms with Gasteiger partial charge in [0.25, 0.3) is 0 Å². The van der Waals surface area contributed by atoms with Crippen molar-refractivity contribution in [3.05, 3.63) is 0 Å². The lowest BCUT2D eigenvalue weighted by Crippen LogP contribution is -2.57. The van der Waals surface area contributed by atoms with Crippen LogP contribution in [0.2, 0.25) is 0 Å². The molecule has 4 aliphatic rings. The van der Waals surface area contributed by atoms with Gasteiger partial charge in [-0.3, -0.25) is 9.80 Å². The van der Waals surface area contributed by atoms with Crippen LogP contribution in [0, 0.1) is 11.8 Å². The van der Waals surface area contributed by atoms with Gasteiger partial charge in [-0.25, -0.2) is 0 Å². The second-order valence-electron chi connectivity index (χ2n) is 6.76.